The summed E-state index contributed by atoms with van der Waals surface area (Å²) in [7, 11) is 0. The molecule has 0 amide bonds. The molecule has 0 radical (unpaired) electrons. The fraction of sp³-hybridized carbons (Fsp3) is 0.467. The third kappa shape index (κ3) is 4.06. The van der Waals surface area contributed by atoms with E-state index >= 15 is 0 Å². The first-order chi connectivity index (χ1) is 9.69. The molecule has 0 atom stereocenters. The van der Waals surface area contributed by atoms with Crippen molar-refractivity contribution < 1.29 is 9.84 Å². The maximum absolute atomic E-state index is 8.97. The van der Waals surface area contributed by atoms with Gasteiger partial charge in [-0.3, -0.25) is 0 Å². The second-order valence-corrected chi connectivity index (χ2v) is 5.19. The summed E-state index contributed by atoms with van der Waals surface area (Å²) in [6.45, 7) is 5.08. The number of hydrogen-bond acceptors (Lipinski definition) is 4. The lowest BCUT2D eigenvalue weighted by atomic mass is 10.1. The van der Waals surface area contributed by atoms with Gasteiger partial charge in [-0.2, -0.15) is 0 Å². The van der Waals surface area contributed by atoms with Crippen molar-refractivity contribution >= 4 is 0 Å². The van der Waals surface area contributed by atoms with Crippen molar-refractivity contribution in [1.82, 2.24) is 15.0 Å². The first-order valence-electron chi connectivity index (χ1n) is 6.94. The van der Waals surface area contributed by atoms with Crippen molar-refractivity contribution in [2.24, 2.45) is 5.92 Å². The summed E-state index contributed by atoms with van der Waals surface area (Å²) in [5.41, 5.74) is 1.45. The van der Waals surface area contributed by atoms with Crippen molar-refractivity contribution in [3.05, 3.63) is 36.2 Å². The van der Waals surface area contributed by atoms with Gasteiger partial charge in [-0.25, -0.2) is 4.68 Å². The van der Waals surface area contributed by atoms with Gasteiger partial charge in [0.2, 0.25) is 0 Å². The van der Waals surface area contributed by atoms with E-state index in [0.717, 1.165) is 24.5 Å². The highest BCUT2D eigenvalue weighted by Gasteiger charge is 2.02. The third-order valence-corrected chi connectivity index (χ3v) is 3.00. The summed E-state index contributed by atoms with van der Waals surface area (Å²) >= 11 is 0. The predicted molar refractivity (Wildman–Crippen MR) is 76.8 cm³/mol. The van der Waals surface area contributed by atoms with Gasteiger partial charge in [0.1, 0.15) is 11.4 Å². The van der Waals surface area contributed by atoms with Crippen LogP contribution >= 0.6 is 0 Å². The minimum atomic E-state index is -0.100. The molecule has 0 aliphatic carbocycles. The highest BCUT2D eigenvalue weighted by Crippen LogP contribution is 2.15. The van der Waals surface area contributed by atoms with Crippen LogP contribution in [0.3, 0.4) is 0 Å². The smallest absolute Gasteiger partial charge is 0.119 e. The van der Waals surface area contributed by atoms with Crippen molar-refractivity contribution in [3.8, 4) is 11.4 Å². The number of aliphatic hydroxyl groups excluding tert-OH is 1. The Morgan fingerprint density at radius 2 is 2.00 bits per heavy atom. The van der Waals surface area contributed by atoms with E-state index in [-0.39, 0.29) is 6.61 Å². The fourth-order valence-corrected chi connectivity index (χ4v) is 1.87. The molecule has 0 bridgehead atoms. The van der Waals surface area contributed by atoms with Crippen LogP contribution in [0, 0.1) is 5.92 Å². The first kappa shape index (κ1) is 14.5. The van der Waals surface area contributed by atoms with Crippen LogP contribution in [0.5, 0.6) is 5.75 Å². The largest absolute Gasteiger partial charge is 0.494 e. The Kier molecular flexibility index (Phi) is 5.12. The van der Waals surface area contributed by atoms with Crippen LogP contribution < -0.4 is 4.74 Å². The first-order valence-corrected chi connectivity index (χ1v) is 6.94. The van der Waals surface area contributed by atoms with Gasteiger partial charge in [0.25, 0.3) is 0 Å². The van der Waals surface area contributed by atoms with E-state index in [1.165, 1.54) is 6.42 Å². The topological polar surface area (TPSA) is 60.2 Å². The standard InChI is InChI=1S/C15H21N3O2/c1-12(2)4-3-9-20-15-7-5-14(6-8-15)18-10-13(11-19)16-17-18/h5-8,10,12,19H,3-4,9,11H2,1-2H3. The molecule has 5 nitrogen and oxygen atoms in total. The third-order valence-electron chi connectivity index (χ3n) is 3.00. The van der Waals surface area contributed by atoms with Gasteiger partial charge >= 0.3 is 0 Å². The van der Waals surface area contributed by atoms with Crippen LogP contribution in [-0.4, -0.2) is 26.7 Å². The van der Waals surface area contributed by atoms with Crippen molar-refractivity contribution in [3.63, 3.8) is 0 Å². The Morgan fingerprint density at radius 1 is 1.25 bits per heavy atom. The molecule has 1 aromatic carbocycles. The van der Waals surface area contributed by atoms with Crippen molar-refractivity contribution in [2.45, 2.75) is 33.3 Å². The summed E-state index contributed by atoms with van der Waals surface area (Å²) in [5.74, 6) is 1.58. The van der Waals surface area contributed by atoms with Crippen LogP contribution in [0.15, 0.2) is 30.5 Å². The molecule has 0 saturated carbocycles. The summed E-state index contributed by atoms with van der Waals surface area (Å²) in [6, 6.07) is 7.69. The van der Waals surface area contributed by atoms with Crippen LogP contribution in [0.2, 0.25) is 0 Å². The average Bonchev–Trinajstić information content (AvgIpc) is 2.93. The summed E-state index contributed by atoms with van der Waals surface area (Å²) in [5, 5.41) is 16.8. The molecule has 0 saturated heterocycles. The zero-order valence-corrected chi connectivity index (χ0v) is 12.0. The van der Waals surface area contributed by atoms with Crippen molar-refractivity contribution in [1.29, 1.82) is 0 Å². The molecule has 0 aliphatic heterocycles. The predicted octanol–water partition coefficient (Wildman–Crippen LogP) is 2.57. The number of aromatic nitrogens is 3. The van der Waals surface area contributed by atoms with E-state index < -0.39 is 0 Å². The molecule has 1 heterocycles. The molecule has 0 fully saturated rings. The minimum Gasteiger partial charge on any atom is -0.494 e. The molecule has 1 N–H and O–H groups in total. The molecule has 2 rings (SSSR count). The molecule has 5 heteroatoms. The molecule has 108 valence electrons. The van der Waals surface area contributed by atoms with E-state index in [4.69, 9.17) is 9.84 Å². The SMILES string of the molecule is CC(C)CCCOc1ccc(-n2cc(CO)nn2)cc1. The van der Waals surface area contributed by atoms with Crippen LogP contribution in [0.1, 0.15) is 32.4 Å². The van der Waals surface area contributed by atoms with E-state index in [9.17, 15) is 0 Å². The zero-order chi connectivity index (χ0) is 14.4. The lowest BCUT2D eigenvalue weighted by molar-refractivity contribution is 0.276. The fourth-order valence-electron chi connectivity index (χ4n) is 1.87. The maximum atomic E-state index is 8.97. The number of aliphatic hydroxyl groups is 1. The van der Waals surface area contributed by atoms with E-state index in [1.807, 2.05) is 24.3 Å². The molecule has 0 aliphatic rings. The monoisotopic (exact) mass is 275 g/mol. The molecule has 0 unspecified atom stereocenters. The molecular weight excluding hydrogens is 254 g/mol. The van der Waals surface area contributed by atoms with E-state index in [0.29, 0.717) is 11.6 Å². The molecular formula is C15H21N3O2. The van der Waals surface area contributed by atoms with Crippen LogP contribution in [0.4, 0.5) is 0 Å². The molecule has 1 aromatic heterocycles. The van der Waals surface area contributed by atoms with Gasteiger partial charge in [-0.05, 0) is 43.0 Å². The lowest BCUT2D eigenvalue weighted by Crippen LogP contribution is -2.00. The van der Waals surface area contributed by atoms with Gasteiger partial charge < -0.3 is 9.84 Å². The Hall–Kier alpha value is -1.88. The Balaban J connectivity index is 1.89. The van der Waals surface area contributed by atoms with Crippen molar-refractivity contribution in [2.75, 3.05) is 6.61 Å². The summed E-state index contributed by atoms with van der Waals surface area (Å²) < 4.78 is 7.32. The van der Waals surface area contributed by atoms with Crippen LogP contribution in [0.25, 0.3) is 5.69 Å². The second-order valence-electron chi connectivity index (χ2n) is 5.19. The van der Waals surface area contributed by atoms with Gasteiger partial charge in [-0.15, -0.1) is 5.10 Å². The summed E-state index contributed by atoms with van der Waals surface area (Å²) in [4.78, 5) is 0. The molecule has 2 aromatic rings. The lowest BCUT2D eigenvalue weighted by Gasteiger charge is -2.08. The number of rotatable bonds is 7. The number of nitrogens with zero attached hydrogens (tertiary/aromatic N) is 3. The Labute approximate surface area is 119 Å². The number of benzene rings is 1. The Morgan fingerprint density at radius 3 is 2.60 bits per heavy atom. The van der Waals surface area contributed by atoms with E-state index in [2.05, 4.69) is 24.2 Å². The second kappa shape index (κ2) is 7.05. The van der Waals surface area contributed by atoms with E-state index in [1.54, 1.807) is 10.9 Å². The van der Waals surface area contributed by atoms with Crippen LogP contribution in [-0.2, 0) is 6.61 Å². The average molecular weight is 275 g/mol. The van der Waals surface area contributed by atoms with Gasteiger partial charge in [-0.1, -0.05) is 19.1 Å². The number of ether oxygens (including phenoxy) is 1. The highest BCUT2D eigenvalue weighted by molar-refractivity contribution is 5.36. The van der Waals surface area contributed by atoms with Gasteiger partial charge in [0.15, 0.2) is 0 Å². The van der Waals surface area contributed by atoms with Gasteiger partial charge in [0.05, 0.1) is 25.1 Å². The molecule has 0 spiro atoms. The molecule has 20 heavy (non-hydrogen) atoms. The summed E-state index contributed by atoms with van der Waals surface area (Å²) in [6.07, 6.45) is 3.96. The maximum Gasteiger partial charge on any atom is 0.119 e. The Bertz CT molecular complexity index is 520. The van der Waals surface area contributed by atoms with Gasteiger partial charge in [0, 0.05) is 0 Å². The zero-order valence-electron chi connectivity index (χ0n) is 12.0. The number of hydrogen-bond donors (Lipinski definition) is 1. The normalized spacial score (nSPS) is 11.0. The highest BCUT2D eigenvalue weighted by atomic mass is 16.5. The minimum absolute atomic E-state index is 0.100. The quantitative estimate of drug-likeness (QED) is 0.789.